The normalized spacial score (nSPS) is 22.3. The summed E-state index contributed by atoms with van der Waals surface area (Å²) >= 11 is 0. The van der Waals surface area contributed by atoms with Crippen LogP contribution < -0.4 is 5.32 Å². The lowest BCUT2D eigenvalue weighted by molar-refractivity contribution is -0.161. The van der Waals surface area contributed by atoms with E-state index in [1.807, 2.05) is 30.3 Å². The van der Waals surface area contributed by atoms with E-state index in [0.717, 1.165) is 5.56 Å². The van der Waals surface area contributed by atoms with Crippen LogP contribution in [0.5, 0.6) is 0 Å². The number of likely N-dealkylation sites (tertiary alicyclic amines) is 1. The van der Waals surface area contributed by atoms with Crippen LogP contribution in [0.4, 0.5) is 5.95 Å². The summed E-state index contributed by atoms with van der Waals surface area (Å²) in [6.07, 6.45) is 2.03. The molecule has 2 aromatic rings. The number of carboxylic acid groups (broad SMARTS) is 1. The molecular weight excluding hydrogens is 348 g/mol. The molecule has 2 heterocycles. The molecule has 0 unspecified atom stereocenters. The van der Waals surface area contributed by atoms with Gasteiger partial charge in [0.25, 0.3) is 5.91 Å². The highest BCUT2D eigenvalue weighted by Crippen LogP contribution is 2.36. The summed E-state index contributed by atoms with van der Waals surface area (Å²) in [6.45, 7) is 0.189. The van der Waals surface area contributed by atoms with Crippen molar-refractivity contribution in [1.29, 1.82) is 0 Å². The van der Waals surface area contributed by atoms with Crippen molar-refractivity contribution in [2.75, 3.05) is 25.5 Å². The second-order valence-corrected chi connectivity index (χ2v) is 6.69. The highest BCUT2D eigenvalue weighted by molar-refractivity contribution is 5.94. The van der Waals surface area contributed by atoms with E-state index in [0.29, 0.717) is 11.5 Å². The number of hydrogen-bond donors (Lipinski definition) is 3. The molecule has 0 aliphatic carbocycles. The van der Waals surface area contributed by atoms with Crippen LogP contribution in [0, 0.1) is 5.41 Å². The zero-order valence-corrected chi connectivity index (χ0v) is 15.0. The summed E-state index contributed by atoms with van der Waals surface area (Å²) in [5.41, 5.74) is -0.174. The minimum atomic E-state index is -1.31. The zero-order valence-electron chi connectivity index (χ0n) is 15.0. The summed E-state index contributed by atoms with van der Waals surface area (Å²) < 4.78 is 0. The average molecular weight is 370 g/mol. The van der Waals surface area contributed by atoms with Crippen molar-refractivity contribution in [3.8, 4) is 0 Å². The number of carboxylic acids is 1. The van der Waals surface area contributed by atoms with Crippen LogP contribution in [0.15, 0.2) is 42.7 Å². The van der Waals surface area contributed by atoms with Gasteiger partial charge in [-0.05, 0) is 18.4 Å². The van der Waals surface area contributed by atoms with Crippen LogP contribution in [-0.4, -0.2) is 63.2 Å². The minimum absolute atomic E-state index is 0.0499. The van der Waals surface area contributed by atoms with Crippen molar-refractivity contribution in [1.82, 2.24) is 14.9 Å². The number of benzene rings is 1. The lowest BCUT2D eigenvalue weighted by atomic mass is 9.71. The summed E-state index contributed by atoms with van der Waals surface area (Å²) in [5, 5.41) is 23.3. The Balaban J connectivity index is 1.76. The van der Waals surface area contributed by atoms with Gasteiger partial charge in [-0.3, -0.25) is 9.59 Å². The average Bonchev–Trinajstić information content (AvgIpc) is 2.69. The zero-order chi connectivity index (χ0) is 19.4. The fourth-order valence-electron chi connectivity index (χ4n) is 3.40. The number of aliphatic carboxylic acids is 1. The van der Waals surface area contributed by atoms with Gasteiger partial charge < -0.3 is 20.4 Å². The number of nitrogens with one attached hydrogen (secondary N) is 1. The third-order valence-electron chi connectivity index (χ3n) is 5.06. The molecule has 0 radical (unpaired) electrons. The molecule has 1 aromatic heterocycles. The number of aliphatic hydroxyl groups excluding tert-OH is 1. The molecule has 1 aliphatic rings. The van der Waals surface area contributed by atoms with Gasteiger partial charge in [-0.2, -0.15) is 0 Å². The molecule has 2 atom stereocenters. The molecule has 1 aromatic carbocycles. The number of aromatic nitrogens is 2. The van der Waals surface area contributed by atoms with E-state index in [-0.39, 0.29) is 31.8 Å². The first-order valence-electron chi connectivity index (χ1n) is 8.71. The number of aliphatic hydroxyl groups is 1. The number of anilines is 1. The van der Waals surface area contributed by atoms with Crippen LogP contribution in [0.1, 0.15) is 22.3 Å². The Kier molecular flexibility index (Phi) is 5.36. The molecule has 0 bridgehead atoms. The van der Waals surface area contributed by atoms with Crippen LogP contribution in [0.3, 0.4) is 0 Å². The Labute approximate surface area is 156 Å². The van der Waals surface area contributed by atoms with Crippen molar-refractivity contribution in [2.45, 2.75) is 18.9 Å². The second kappa shape index (κ2) is 7.71. The van der Waals surface area contributed by atoms with Crippen LogP contribution in [0.2, 0.25) is 0 Å². The number of hydrogen-bond acceptors (Lipinski definition) is 6. The van der Waals surface area contributed by atoms with Crippen LogP contribution >= 0.6 is 0 Å². The van der Waals surface area contributed by atoms with Gasteiger partial charge in [0.2, 0.25) is 5.95 Å². The highest BCUT2D eigenvalue weighted by Gasteiger charge is 2.49. The molecule has 27 heavy (non-hydrogen) atoms. The Hall–Kier alpha value is -3.00. The minimum Gasteiger partial charge on any atom is -0.481 e. The Morgan fingerprint density at radius 2 is 1.93 bits per heavy atom. The number of rotatable bonds is 5. The molecule has 1 amide bonds. The Morgan fingerprint density at radius 1 is 1.26 bits per heavy atom. The third kappa shape index (κ3) is 3.75. The van der Waals surface area contributed by atoms with Gasteiger partial charge in [-0.15, -0.1) is 0 Å². The standard InChI is InChI=1S/C19H22N4O4/c1-20-18-21-10-14(11-22-18)16(25)23-8-7-19(17(26)27,15(24)12-23)9-13-5-3-2-4-6-13/h2-6,10-11,15,24H,7-9,12H2,1H3,(H,26,27)(H,20,21,22)/t15-,19-/m1/s1. The van der Waals surface area contributed by atoms with E-state index in [1.54, 1.807) is 7.05 Å². The summed E-state index contributed by atoms with van der Waals surface area (Å²) in [5.74, 6) is -0.971. The smallest absolute Gasteiger partial charge is 0.312 e. The summed E-state index contributed by atoms with van der Waals surface area (Å²) in [6, 6.07) is 9.22. The first-order valence-corrected chi connectivity index (χ1v) is 8.71. The van der Waals surface area contributed by atoms with Gasteiger partial charge in [0.15, 0.2) is 0 Å². The summed E-state index contributed by atoms with van der Waals surface area (Å²) in [7, 11) is 1.68. The predicted octanol–water partition coefficient (Wildman–Crippen LogP) is 1.04. The molecule has 8 nitrogen and oxygen atoms in total. The van der Waals surface area contributed by atoms with E-state index in [9.17, 15) is 19.8 Å². The van der Waals surface area contributed by atoms with Crippen molar-refractivity contribution in [3.63, 3.8) is 0 Å². The van der Waals surface area contributed by atoms with Gasteiger partial charge in [0, 0.05) is 32.5 Å². The van der Waals surface area contributed by atoms with Gasteiger partial charge in [0.05, 0.1) is 11.7 Å². The van der Waals surface area contributed by atoms with Crippen LogP contribution in [0.25, 0.3) is 0 Å². The highest BCUT2D eigenvalue weighted by atomic mass is 16.4. The molecule has 1 fully saturated rings. The predicted molar refractivity (Wildman–Crippen MR) is 98.3 cm³/mol. The van der Waals surface area contributed by atoms with Crippen molar-refractivity contribution in [2.24, 2.45) is 5.41 Å². The molecule has 0 spiro atoms. The van der Waals surface area contributed by atoms with E-state index >= 15 is 0 Å². The van der Waals surface area contributed by atoms with Crippen molar-refractivity contribution < 1.29 is 19.8 Å². The number of nitrogens with zero attached hydrogens (tertiary/aromatic N) is 3. The van der Waals surface area contributed by atoms with E-state index in [2.05, 4.69) is 15.3 Å². The van der Waals surface area contributed by atoms with Gasteiger partial charge in [-0.25, -0.2) is 9.97 Å². The van der Waals surface area contributed by atoms with Gasteiger partial charge in [-0.1, -0.05) is 30.3 Å². The lowest BCUT2D eigenvalue weighted by Crippen LogP contribution is -2.57. The Morgan fingerprint density at radius 3 is 2.48 bits per heavy atom. The van der Waals surface area contributed by atoms with E-state index < -0.39 is 17.5 Å². The number of piperidine rings is 1. The maximum Gasteiger partial charge on any atom is 0.312 e. The number of carbonyl (C=O) groups excluding carboxylic acids is 1. The molecule has 0 saturated carbocycles. The molecule has 1 saturated heterocycles. The van der Waals surface area contributed by atoms with Crippen LogP contribution in [-0.2, 0) is 11.2 Å². The number of carbonyl (C=O) groups is 2. The maximum absolute atomic E-state index is 12.7. The largest absolute Gasteiger partial charge is 0.481 e. The second-order valence-electron chi connectivity index (χ2n) is 6.69. The van der Waals surface area contributed by atoms with Gasteiger partial charge >= 0.3 is 5.97 Å². The fourth-order valence-corrected chi connectivity index (χ4v) is 3.40. The quantitative estimate of drug-likeness (QED) is 0.720. The Bertz CT molecular complexity index is 812. The number of β-amino-alcohol motifs (C(OH)–C–C–N with tert-alkyl or cyclic N) is 1. The van der Waals surface area contributed by atoms with E-state index in [1.165, 1.54) is 17.3 Å². The SMILES string of the molecule is CNc1ncc(C(=O)N2CC[C@](Cc3ccccc3)(C(=O)O)[C@H](O)C2)cn1. The first-order chi connectivity index (χ1) is 13.0. The van der Waals surface area contributed by atoms with Crippen molar-refractivity contribution >= 4 is 17.8 Å². The van der Waals surface area contributed by atoms with E-state index in [4.69, 9.17) is 0 Å². The van der Waals surface area contributed by atoms with Crippen molar-refractivity contribution in [3.05, 3.63) is 53.9 Å². The molecule has 1 aliphatic heterocycles. The lowest BCUT2D eigenvalue weighted by Gasteiger charge is -2.42. The molecule has 142 valence electrons. The molecule has 3 rings (SSSR count). The third-order valence-corrected chi connectivity index (χ3v) is 5.06. The molecular formula is C19H22N4O4. The fraction of sp³-hybridized carbons (Fsp3) is 0.368. The topological polar surface area (TPSA) is 116 Å². The maximum atomic E-state index is 12.7. The molecule has 8 heteroatoms. The number of amides is 1. The summed E-state index contributed by atoms with van der Waals surface area (Å²) in [4.78, 5) is 34.2. The molecule has 3 N–H and O–H groups in total. The van der Waals surface area contributed by atoms with Gasteiger partial charge in [0.1, 0.15) is 5.41 Å². The monoisotopic (exact) mass is 370 g/mol. The first kappa shape index (κ1) is 18.8.